The highest BCUT2D eigenvalue weighted by molar-refractivity contribution is 6.34. The fraction of sp³-hybridized carbons (Fsp3) is 0.500. The summed E-state index contributed by atoms with van der Waals surface area (Å²) in [4.78, 5) is 35.4. The number of carbonyl (C=O) groups excluding carboxylic acids is 2. The number of hydrogen-bond acceptors (Lipinski definition) is 3. The van der Waals surface area contributed by atoms with Gasteiger partial charge in [-0.15, -0.1) is 0 Å². The Labute approximate surface area is 152 Å². The molecule has 138 valence electrons. The van der Waals surface area contributed by atoms with Crippen LogP contribution < -0.4 is 10.6 Å². The van der Waals surface area contributed by atoms with Crippen molar-refractivity contribution in [1.29, 1.82) is 0 Å². The Bertz CT molecular complexity index is 684. The van der Waals surface area contributed by atoms with Crippen molar-refractivity contribution >= 4 is 35.1 Å². The molecule has 0 bridgehead atoms. The van der Waals surface area contributed by atoms with Crippen molar-refractivity contribution in [2.24, 2.45) is 5.41 Å². The molecular weight excluding hydrogens is 344 g/mol. The van der Waals surface area contributed by atoms with Crippen molar-refractivity contribution in [2.45, 2.75) is 53.0 Å². The molecule has 0 fully saturated rings. The van der Waals surface area contributed by atoms with E-state index in [0.29, 0.717) is 11.3 Å². The number of carbonyl (C=O) groups is 3. The van der Waals surface area contributed by atoms with Crippen LogP contribution in [0.25, 0.3) is 0 Å². The van der Waals surface area contributed by atoms with E-state index in [1.807, 2.05) is 20.8 Å². The van der Waals surface area contributed by atoms with Crippen LogP contribution in [0.2, 0.25) is 5.02 Å². The quantitative estimate of drug-likeness (QED) is 0.683. The van der Waals surface area contributed by atoms with E-state index in [1.54, 1.807) is 6.07 Å². The molecular formula is C18H25ClN2O4. The smallest absolute Gasteiger partial charge is 0.309 e. The standard InChI is InChI=1S/C18H25ClN2O4/c1-6-18(4,5)21-15(23)12-8-7-11(9-13(12)19)20-14(22)10-17(2,3)16(24)25/h7-9H,6,10H2,1-5H3,(H,20,22)(H,21,23)(H,24,25). The summed E-state index contributed by atoms with van der Waals surface area (Å²) < 4.78 is 0. The van der Waals surface area contributed by atoms with Gasteiger partial charge in [-0.25, -0.2) is 0 Å². The minimum atomic E-state index is -1.17. The van der Waals surface area contributed by atoms with Gasteiger partial charge in [-0.1, -0.05) is 18.5 Å². The second-order valence-electron chi connectivity index (χ2n) is 7.30. The van der Waals surface area contributed by atoms with Gasteiger partial charge in [0, 0.05) is 17.6 Å². The van der Waals surface area contributed by atoms with E-state index in [1.165, 1.54) is 26.0 Å². The molecule has 1 aromatic carbocycles. The van der Waals surface area contributed by atoms with Gasteiger partial charge in [0.2, 0.25) is 5.91 Å². The van der Waals surface area contributed by atoms with Crippen molar-refractivity contribution in [3.8, 4) is 0 Å². The summed E-state index contributed by atoms with van der Waals surface area (Å²) in [6.45, 7) is 8.75. The largest absolute Gasteiger partial charge is 0.481 e. The van der Waals surface area contributed by atoms with Gasteiger partial charge in [-0.05, 0) is 52.3 Å². The summed E-state index contributed by atoms with van der Waals surface area (Å²) >= 11 is 6.16. The van der Waals surface area contributed by atoms with Gasteiger partial charge in [0.25, 0.3) is 5.91 Å². The van der Waals surface area contributed by atoms with E-state index < -0.39 is 17.3 Å². The number of halogens is 1. The number of carboxylic acid groups (broad SMARTS) is 1. The third-order valence-corrected chi connectivity index (χ3v) is 4.33. The van der Waals surface area contributed by atoms with Gasteiger partial charge >= 0.3 is 5.97 Å². The molecule has 0 aliphatic carbocycles. The molecule has 0 aliphatic heterocycles. The summed E-state index contributed by atoms with van der Waals surface area (Å²) in [5.74, 6) is -1.78. The second kappa shape index (κ2) is 7.87. The van der Waals surface area contributed by atoms with Crippen molar-refractivity contribution in [3.05, 3.63) is 28.8 Å². The summed E-state index contributed by atoms with van der Waals surface area (Å²) in [6, 6.07) is 4.56. The van der Waals surface area contributed by atoms with Crippen molar-refractivity contribution in [1.82, 2.24) is 5.32 Å². The highest BCUT2D eigenvalue weighted by Gasteiger charge is 2.30. The number of rotatable bonds is 7. The zero-order valence-electron chi connectivity index (χ0n) is 15.2. The van der Waals surface area contributed by atoms with E-state index in [4.69, 9.17) is 16.7 Å². The molecule has 0 radical (unpaired) electrons. The van der Waals surface area contributed by atoms with Gasteiger partial charge in [0.05, 0.1) is 16.0 Å². The molecule has 1 aromatic rings. The lowest BCUT2D eigenvalue weighted by Gasteiger charge is -2.24. The Morgan fingerprint density at radius 2 is 1.76 bits per heavy atom. The fourth-order valence-electron chi connectivity index (χ4n) is 1.92. The lowest BCUT2D eigenvalue weighted by molar-refractivity contribution is -0.148. The normalized spacial score (nSPS) is 11.8. The van der Waals surface area contributed by atoms with Crippen LogP contribution in [0.1, 0.15) is 57.8 Å². The maximum atomic E-state index is 12.3. The fourth-order valence-corrected chi connectivity index (χ4v) is 2.19. The van der Waals surface area contributed by atoms with Gasteiger partial charge < -0.3 is 15.7 Å². The molecule has 0 atom stereocenters. The zero-order chi connectivity index (χ0) is 19.4. The Morgan fingerprint density at radius 3 is 2.24 bits per heavy atom. The Balaban J connectivity index is 2.84. The zero-order valence-corrected chi connectivity index (χ0v) is 16.0. The third kappa shape index (κ3) is 6.05. The van der Waals surface area contributed by atoms with Crippen LogP contribution in [0.15, 0.2) is 18.2 Å². The highest BCUT2D eigenvalue weighted by Crippen LogP contribution is 2.24. The first-order chi connectivity index (χ1) is 11.4. The maximum Gasteiger partial charge on any atom is 0.309 e. The molecule has 0 aromatic heterocycles. The topological polar surface area (TPSA) is 95.5 Å². The number of aliphatic carboxylic acids is 1. The Morgan fingerprint density at radius 1 is 1.16 bits per heavy atom. The number of benzene rings is 1. The van der Waals surface area contributed by atoms with Crippen LogP contribution in [-0.2, 0) is 9.59 Å². The molecule has 0 saturated heterocycles. The predicted molar refractivity (Wildman–Crippen MR) is 98.0 cm³/mol. The Hall–Kier alpha value is -2.08. The SMILES string of the molecule is CCC(C)(C)NC(=O)c1ccc(NC(=O)CC(C)(C)C(=O)O)cc1Cl. The second-order valence-corrected chi connectivity index (χ2v) is 7.71. The third-order valence-electron chi connectivity index (χ3n) is 4.01. The number of amides is 2. The number of nitrogens with one attached hydrogen (secondary N) is 2. The first kappa shape index (κ1) is 21.0. The molecule has 0 aliphatic rings. The van der Waals surface area contributed by atoms with Gasteiger partial charge in [0.15, 0.2) is 0 Å². The molecule has 3 N–H and O–H groups in total. The van der Waals surface area contributed by atoms with Crippen LogP contribution >= 0.6 is 11.6 Å². The molecule has 0 unspecified atom stereocenters. The predicted octanol–water partition coefficient (Wildman–Crippen LogP) is 3.70. The Kier molecular flexibility index (Phi) is 6.60. The van der Waals surface area contributed by atoms with Gasteiger partial charge in [-0.3, -0.25) is 14.4 Å². The van der Waals surface area contributed by atoms with Crippen LogP contribution in [0.3, 0.4) is 0 Å². The molecule has 0 saturated carbocycles. The van der Waals surface area contributed by atoms with Crippen LogP contribution in [0.5, 0.6) is 0 Å². The molecule has 7 heteroatoms. The lowest BCUT2D eigenvalue weighted by atomic mass is 9.89. The average Bonchev–Trinajstić information content (AvgIpc) is 2.45. The van der Waals surface area contributed by atoms with Crippen molar-refractivity contribution in [3.63, 3.8) is 0 Å². The van der Waals surface area contributed by atoms with E-state index >= 15 is 0 Å². The van der Waals surface area contributed by atoms with Crippen LogP contribution in [-0.4, -0.2) is 28.4 Å². The first-order valence-corrected chi connectivity index (χ1v) is 8.41. The molecule has 1 rings (SSSR count). The molecule has 2 amide bonds. The van der Waals surface area contributed by atoms with Crippen molar-refractivity contribution in [2.75, 3.05) is 5.32 Å². The minimum absolute atomic E-state index is 0.174. The summed E-state index contributed by atoms with van der Waals surface area (Å²) in [5.41, 5.74) is -0.802. The van der Waals surface area contributed by atoms with Gasteiger partial charge in [0.1, 0.15) is 0 Å². The first-order valence-electron chi connectivity index (χ1n) is 8.03. The summed E-state index contributed by atoms with van der Waals surface area (Å²) in [6.07, 6.45) is 0.594. The van der Waals surface area contributed by atoms with E-state index in [0.717, 1.165) is 6.42 Å². The van der Waals surface area contributed by atoms with E-state index in [9.17, 15) is 14.4 Å². The highest BCUT2D eigenvalue weighted by atomic mass is 35.5. The number of hydrogen-bond donors (Lipinski definition) is 3. The summed E-state index contributed by atoms with van der Waals surface area (Å²) in [7, 11) is 0. The monoisotopic (exact) mass is 368 g/mol. The maximum absolute atomic E-state index is 12.3. The van der Waals surface area contributed by atoms with Crippen molar-refractivity contribution < 1.29 is 19.5 Å². The summed E-state index contributed by atoms with van der Waals surface area (Å²) in [5, 5.41) is 14.8. The number of anilines is 1. The molecule has 25 heavy (non-hydrogen) atoms. The van der Waals surface area contributed by atoms with E-state index in [2.05, 4.69) is 10.6 Å². The van der Waals surface area contributed by atoms with Crippen LogP contribution in [0, 0.1) is 5.41 Å². The minimum Gasteiger partial charge on any atom is -0.481 e. The van der Waals surface area contributed by atoms with E-state index in [-0.39, 0.29) is 22.9 Å². The van der Waals surface area contributed by atoms with Gasteiger partial charge in [-0.2, -0.15) is 0 Å². The molecule has 0 heterocycles. The number of carboxylic acids is 1. The molecule has 0 spiro atoms. The van der Waals surface area contributed by atoms with Crippen LogP contribution in [0.4, 0.5) is 5.69 Å². The lowest BCUT2D eigenvalue weighted by Crippen LogP contribution is -2.42. The average molecular weight is 369 g/mol. The molecule has 6 nitrogen and oxygen atoms in total.